The van der Waals surface area contributed by atoms with Gasteiger partial charge in [-0.25, -0.2) is 0 Å². The van der Waals surface area contributed by atoms with E-state index >= 15 is 0 Å². The molecule has 0 aliphatic rings. The maximum atomic E-state index is 4.17. The first kappa shape index (κ1) is 12.0. The average molecular weight is 295 g/mol. The van der Waals surface area contributed by atoms with E-state index < -0.39 is 0 Å². The normalized spacial score (nSPS) is 11.0. The van der Waals surface area contributed by atoms with Crippen LogP contribution in [0.15, 0.2) is 65.0 Å². The Morgan fingerprint density at radius 3 is 2.57 bits per heavy atom. The van der Waals surface area contributed by atoms with E-state index in [0.717, 1.165) is 16.5 Å². The fourth-order valence-electron chi connectivity index (χ4n) is 1.94. The topological polar surface area (TPSA) is 73.8 Å². The van der Waals surface area contributed by atoms with E-state index in [1.165, 1.54) is 11.8 Å². The molecule has 0 atom stereocenters. The molecule has 4 rings (SSSR count). The predicted molar refractivity (Wildman–Crippen MR) is 76.3 cm³/mol. The number of pyridine rings is 1. The van der Waals surface area contributed by atoms with Crippen molar-refractivity contribution in [2.75, 3.05) is 0 Å². The minimum absolute atomic E-state index is 0.638. The van der Waals surface area contributed by atoms with Gasteiger partial charge in [0, 0.05) is 6.20 Å². The van der Waals surface area contributed by atoms with Crippen LogP contribution in [0.5, 0.6) is 0 Å². The van der Waals surface area contributed by atoms with Crippen LogP contribution in [-0.2, 0) is 0 Å². The Hall–Kier alpha value is -2.74. The molecule has 0 unspecified atom stereocenters. The van der Waals surface area contributed by atoms with Gasteiger partial charge in [0.25, 0.3) is 0 Å². The van der Waals surface area contributed by atoms with Gasteiger partial charge in [-0.1, -0.05) is 24.3 Å². The van der Waals surface area contributed by atoms with Crippen molar-refractivity contribution in [3.63, 3.8) is 0 Å². The Balaban J connectivity index is 1.74. The highest BCUT2D eigenvalue weighted by molar-refractivity contribution is 7.99. The fourth-order valence-corrected chi connectivity index (χ4v) is 2.75. The van der Waals surface area contributed by atoms with Gasteiger partial charge >= 0.3 is 0 Å². The highest BCUT2D eigenvalue weighted by atomic mass is 32.2. The second-order valence-electron chi connectivity index (χ2n) is 4.22. The number of aromatic nitrogens is 7. The monoisotopic (exact) mass is 295 g/mol. The highest BCUT2D eigenvalue weighted by Gasteiger charge is 2.13. The molecule has 1 aromatic carbocycles. The molecule has 0 saturated heterocycles. The summed E-state index contributed by atoms with van der Waals surface area (Å²) >= 11 is 1.37. The van der Waals surface area contributed by atoms with E-state index in [-0.39, 0.29) is 0 Å². The number of hydrogen-bond donors (Lipinski definition) is 0. The first-order valence-corrected chi connectivity index (χ1v) is 7.05. The number of tetrazole rings is 1. The van der Waals surface area contributed by atoms with Crippen molar-refractivity contribution in [3.8, 4) is 5.69 Å². The predicted octanol–water partition coefficient (Wildman–Crippen LogP) is 1.86. The standard InChI is InChI=1S/C13H9N7S/c1-2-6-10(7-3-1)20-13(16-17-18-20)21-12-15-14-11-8-4-5-9-19(11)12/h1-9H. The second kappa shape index (κ2) is 4.98. The van der Waals surface area contributed by atoms with Gasteiger partial charge in [0.2, 0.25) is 10.3 Å². The average Bonchev–Trinajstić information content (AvgIpc) is 3.16. The van der Waals surface area contributed by atoms with E-state index in [4.69, 9.17) is 0 Å². The van der Waals surface area contributed by atoms with Gasteiger partial charge in [-0.05, 0) is 46.5 Å². The summed E-state index contributed by atoms with van der Waals surface area (Å²) in [4.78, 5) is 0. The summed E-state index contributed by atoms with van der Waals surface area (Å²) < 4.78 is 3.57. The Bertz CT molecular complexity index is 884. The lowest BCUT2D eigenvalue weighted by molar-refractivity contribution is 0.754. The SMILES string of the molecule is c1ccc(-n2nnnc2Sc2nnc3ccccn23)cc1. The minimum atomic E-state index is 0.638. The van der Waals surface area contributed by atoms with Crippen molar-refractivity contribution in [1.29, 1.82) is 0 Å². The van der Waals surface area contributed by atoms with Gasteiger partial charge in [-0.3, -0.25) is 4.40 Å². The zero-order valence-electron chi connectivity index (χ0n) is 10.7. The number of fused-ring (bicyclic) bond motifs is 1. The third kappa shape index (κ3) is 2.15. The molecule has 0 spiro atoms. The molecule has 3 aromatic heterocycles. The molecule has 0 saturated carbocycles. The minimum Gasteiger partial charge on any atom is -0.277 e. The molecule has 0 aliphatic heterocycles. The highest BCUT2D eigenvalue weighted by Crippen LogP contribution is 2.25. The van der Waals surface area contributed by atoms with Gasteiger partial charge in [-0.15, -0.1) is 15.3 Å². The molecule has 0 aliphatic carbocycles. The maximum Gasteiger partial charge on any atom is 0.221 e. The number of nitrogens with zero attached hydrogens (tertiary/aromatic N) is 7. The van der Waals surface area contributed by atoms with Crippen LogP contribution in [-0.4, -0.2) is 34.8 Å². The van der Waals surface area contributed by atoms with Gasteiger partial charge in [-0.2, -0.15) is 4.68 Å². The summed E-state index contributed by atoms with van der Waals surface area (Å²) in [5.74, 6) is 0. The molecule has 0 radical (unpaired) electrons. The molecule has 0 bridgehead atoms. The maximum absolute atomic E-state index is 4.17. The van der Waals surface area contributed by atoms with Crippen molar-refractivity contribution < 1.29 is 0 Å². The van der Waals surface area contributed by atoms with Crippen LogP contribution in [0.25, 0.3) is 11.3 Å². The zero-order valence-corrected chi connectivity index (χ0v) is 11.6. The lowest BCUT2D eigenvalue weighted by atomic mass is 10.3. The number of rotatable bonds is 3. The molecule has 3 heterocycles. The molecule has 8 heteroatoms. The Morgan fingerprint density at radius 2 is 1.67 bits per heavy atom. The molecule has 102 valence electrons. The van der Waals surface area contributed by atoms with Gasteiger partial charge < -0.3 is 0 Å². The van der Waals surface area contributed by atoms with Crippen molar-refractivity contribution in [1.82, 2.24) is 34.8 Å². The van der Waals surface area contributed by atoms with Crippen LogP contribution in [0.2, 0.25) is 0 Å². The third-order valence-electron chi connectivity index (χ3n) is 2.91. The van der Waals surface area contributed by atoms with Crippen LogP contribution in [0.3, 0.4) is 0 Å². The first-order valence-electron chi connectivity index (χ1n) is 6.23. The molecular weight excluding hydrogens is 286 g/mol. The first-order chi connectivity index (χ1) is 10.4. The Labute approximate surface area is 123 Å². The molecule has 0 fully saturated rings. The number of benzene rings is 1. The van der Waals surface area contributed by atoms with Crippen LogP contribution < -0.4 is 0 Å². The molecule has 0 amide bonds. The third-order valence-corrected chi connectivity index (χ3v) is 3.80. The molecule has 0 N–H and O–H groups in total. The van der Waals surface area contributed by atoms with Crippen molar-refractivity contribution in [2.45, 2.75) is 10.3 Å². The van der Waals surface area contributed by atoms with Gasteiger partial charge in [0.15, 0.2) is 5.65 Å². The lowest BCUT2D eigenvalue weighted by Crippen LogP contribution is -1.99. The molecule has 4 aromatic rings. The summed E-state index contributed by atoms with van der Waals surface area (Å²) in [6.07, 6.45) is 1.91. The van der Waals surface area contributed by atoms with E-state index in [9.17, 15) is 0 Å². The van der Waals surface area contributed by atoms with Crippen molar-refractivity contribution in [2.24, 2.45) is 0 Å². The molecule has 7 nitrogen and oxygen atoms in total. The van der Waals surface area contributed by atoms with E-state index in [1.54, 1.807) is 4.68 Å². The van der Waals surface area contributed by atoms with Crippen molar-refractivity contribution >= 4 is 17.4 Å². The fraction of sp³-hybridized carbons (Fsp3) is 0. The van der Waals surface area contributed by atoms with Gasteiger partial charge in [0.1, 0.15) is 0 Å². The summed E-state index contributed by atoms with van der Waals surface area (Å²) in [7, 11) is 0. The van der Waals surface area contributed by atoms with E-state index in [0.29, 0.717) is 5.16 Å². The quantitative estimate of drug-likeness (QED) is 0.574. The summed E-state index contributed by atoms with van der Waals surface area (Å²) in [6, 6.07) is 15.5. The lowest BCUT2D eigenvalue weighted by Gasteiger charge is -2.02. The van der Waals surface area contributed by atoms with Crippen LogP contribution in [0.4, 0.5) is 0 Å². The largest absolute Gasteiger partial charge is 0.277 e. The van der Waals surface area contributed by atoms with Crippen LogP contribution in [0.1, 0.15) is 0 Å². The summed E-state index contributed by atoms with van der Waals surface area (Å²) in [6.45, 7) is 0. The van der Waals surface area contributed by atoms with Gasteiger partial charge in [0.05, 0.1) is 5.69 Å². The number of hydrogen-bond acceptors (Lipinski definition) is 6. The zero-order chi connectivity index (χ0) is 14.1. The summed E-state index contributed by atoms with van der Waals surface area (Å²) in [5, 5.41) is 21.5. The van der Waals surface area contributed by atoms with E-state index in [2.05, 4.69) is 25.7 Å². The molecular formula is C13H9N7S. The Kier molecular flexibility index (Phi) is 2.86. The molecule has 21 heavy (non-hydrogen) atoms. The van der Waals surface area contributed by atoms with E-state index in [1.807, 2.05) is 59.1 Å². The van der Waals surface area contributed by atoms with Crippen LogP contribution >= 0.6 is 11.8 Å². The smallest absolute Gasteiger partial charge is 0.221 e. The number of para-hydroxylation sites is 1. The summed E-state index contributed by atoms with van der Waals surface area (Å²) in [5.41, 5.74) is 1.69. The van der Waals surface area contributed by atoms with Crippen molar-refractivity contribution in [3.05, 3.63) is 54.7 Å². The second-order valence-corrected chi connectivity index (χ2v) is 5.16. The van der Waals surface area contributed by atoms with Crippen LogP contribution in [0, 0.1) is 0 Å². The Morgan fingerprint density at radius 1 is 0.810 bits per heavy atom.